The molecule has 7 nitrogen and oxygen atoms in total. The number of anilines is 2. The molecule has 0 radical (unpaired) electrons. The molecule has 0 bridgehead atoms. The van der Waals surface area contributed by atoms with Gasteiger partial charge in [-0.15, -0.1) is 0 Å². The molecule has 5 unspecified atom stereocenters. The Bertz CT molecular complexity index is 1440. The van der Waals surface area contributed by atoms with Gasteiger partial charge in [0, 0.05) is 17.3 Å². The van der Waals surface area contributed by atoms with E-state index in [0.717, 1.165) is 75.6 Å². The minimum absolute atomic E-state index is 0.0647. The molecule has 0 heterocycles. The number of fused-ring (bicyclic) bond motifs is 6. The minimum Gasteiger partial charge on any atom is -0.399 e. The predicted molar refractivity (Wildman–Crippen MR) is 166 cm³/mol. The summed E-state index contributed by atoms with van der Waals surface area (Å²) in [6.07, 6.45) is 9.15. The molecule has 42 heavy (non-hydrogen) atoms. The third kappa shape index (κ3) is 4.55. The molecule has 3 amide bonds. The van der Waals surface area contributed by atoms with Gasteiger partial charge in [0.15, 0.2) is 0 Å². The van der Waals surface area contributed by atoms with E-state index >= 15 is 0 Å². The van der Waals surface area contributed by atoms with E-state index in [1.165, 1.54) is 22.3 Å². The number of hydrogen-bond acceptors (Lipinski definition) is 5. The van der Waals surface area contributed by atoms with Crippen molar-refractivity contribution in [2.24, 2.45) is 28.9 Å². The topological polar surface area (TPSA) is 127 Å². The Hall–Kier alpha value is -3.19. The van der Waals surface area contributed by atoms with Gasteiger partial charge in [-0.2, -0.15) is 0 Å². The maximum Gasteiger partial charge on any atom is 0.238 e. The van der Waals surface area contributed by atoms with Gasteiger partial charge in [-0.3, -0.25) is 19.7 Å². The van der Waals surface area contributed by atoms with Crippen LogP contribution in [0.1, 0.15) is 94.4 Å². The Morgan fingerprint density at radius 2 is 1.55 bits per heavy atom. The van der Waals surface area contributed by atoms with Crippen LogP contribution in [0.15, 0.2) is 36.4 Å². The fourth-order valence-electron chi connectivity index (χ4n) is 9.71. The highest BCUT2D eigenvalue weighted by Gasteiger charge is 2.56. The average Bonchev–Trinajstić information content (AvgIpc) is 2.96. The normalized spacial score (nSPS) is 33.3. The van der Waals surface area contributed by atoms with Crippen molar-refractivity contribution in [3.05, 3.63) is 58.7 Å². The number of nitrogen functional groups attached to an aromatic ring is 1. The van der Waals surface area contributed by atoms with Crippen LogP contribution >= 0.6 is 0 Å². The number of rotatable bonds is 4. The van der Waals surface area contributed by atoms with E-state index in [9.17, 15) is 14.4 Å². The molecule has 6 N–H and O–H groups in total. The molecule has 0 aliphatic heterocycles. The standard InChI is InChI=1S/C35H46N4O3/c1-33-15-4-6-25(26(33)13-9-21-7-11-23(37)18-27(21)33)31(41)39-32(42)35(3)17-5-16-34(2)28-19-24(38-30(40)20-36)12-8-22(28)10-14-29(34)35/h7-8,11-12,18-19,25-26,29H,4-6,9-10,13-17,20,36-37H2,1-3H3,(H,38,40)(H,39,41,42)/t25?,26?,29?,33?,34?,35-/m0/s1. The van der Waals surface area contributed by atoms with Crippen LogP contribution in [0.3, 0.4) is 0 Å². The van der Waals surface area contributed by atoms with Crippen LogP contribution in [0.2, 0.25) is 0 Å². The number of carbonyl (C=O) groups is 3. The summed E-state index contributed by atoms with van der Waals surface area (Å²) in [7, 11) is 0. The molecule has 7 heteroatoms. The van der Waals surface area contributed by atoms with Crippen molar-refractivity contribution in [3.63, 3.8) is 0 Å². The molecule has 0 aromatic heterocycles. The number of carbonyl (C=O) groups excluding carboxylic acids is 3. The van der Waals surface area contributed by atoms with E-state index in [1.54, 1.807) is 0 Å². The van der Waals surface area contributed by atoms with E-state index < -0.39 is 5.41 Å². The Morgan fingerprint density at radius 1 is 0.857 bits per heavy atom. The second-order valence-corrected chi connectivity index (χ2v) is 14.2. The predicted octanol–water partition coefficient (Wildman–Crippen LogP) is 5.14. The van der Waals surface area contributed by atoms with Crippen molar-refractivity contribution in [1.82, 2.24) is 5.32 Å². The van der Waals surface area contributed by atoms with E-state index in [0.29, 0.717) is 0 Å². The molecule has 224 valence electrons. The summed E-state index contributed by atoms with van der Waals surface area (Å²) in [6.45, 7) is 6.58. The fourth-order valence-corrected chi connectivity index (χ4v) is 9.71. The first-order chi connectivity index (χ1) is 20.0. The van der Waals surface area contributed by atoms with E-state index in [1.807, 2.05) is 12.1 Å². The molecule has 2 saturated carbocycles. The number of nitrogens with one attached hydrogen (secondary N) is 2. The Kier molecular flexibility index (Phi) is 7.24. The van der Waals surface area contributed by atoms with Crippen molar-refractivity contribution in [1.29, 1.82) is 0 Å². The zero-order valence-corrected chi connectivity index (χ0v) is 25.4. The lowest BCUT2D eigenvalue weighted by molar-refractivity contribution is -0.146. The van der Waals surface area contributed by atoms with E-state index in [4.69, 9.17) is 11.5 Å². The fraction of sp³-hybridized carbons (Fsp3) is 0.571. The molecular weight excluding hydrogens is 524 g/mol. The number of amides is 3. The molecular formula is C35H46N4O3. The summed E-state index contributed by atoms with van der Waals surface area (Å²) in [4.78, 5) is 40.2. The molecule has 2 fully saturated rings. The number of imide groups is 1. The first-order valence-corrected chi connectivity index (χ1v) is 15.9. The molecule has 0 spiro atoms. The SMILES string of the molecule is CC12CCCC(C(=O)NC(=O)[C@@]3(C)CCCC4(C)c5cc(NC(=O)CN)ccc5CCC43)C1CCc1ccc(N)cc12. The van der Waals surface area contributed by atoms with Gasteiger partial charge < -0.3 is 16.8 Å². The maximum absolute atomic E-state index is 14.2. The van der Waals surface area contributed by atoms with Gasteiger partial charge in [-0.05, 0) is 121 Å². The van der Waals surface area contributed by atoms with Gasteiger partial charge in [-0.25, -0.2) is 0 Å². The minimum atomic E-state index is -0.650. The molecule has 0 saturated heterocycles. The number of nitrogens with two attached hydrogens (primary N) is 2. The summed E-state index contributed by atoms with van der Waals surface area (Å²) < 4.78 is 0. The van der Waals surface area contributed by atoms with Crippen molar-refractivity contribution >= 4 is 29.1 Å². The van der Waals surface area contributed by atoms with Crippen molar-refractivity contribution in [2.45, 2.75) is 95.8 Å². The summed E-state index contributed by atoms with van der Waals surface area (Å²) in [5.74, 6) is -0.321. The van der Waals surface area contributed by atoms with Crippen LogP contribution in [0.25, 0.3) is 0 Å². The van der Waals surface area contributed by atoms with Crippen LogP contribution in [-0.4, -0.2) is 24.3 Å². The maximum atomic E-state index is 14.2. The lowest BCUT2D eigenvalue weighted by atomic mass is 9.49. The number of benzene rings is 2. The quantitative estimate of drug-likeness (QED) is 0.299. The Balaban J connectivity index is 1.24. The van der Waals surface area contributed by atoms with Crippen molar-refractivity contribution < 1.29 is 14.4 Å². The first kappa shape index (κ1) is 28.9. The zero-order chi connectivity index (χ0) is 29.9. The van der Waals surface area contributed by atoms with Gasteiger partial charge in [0.1, 0.15) is 0 Å². The van der Waals surface area contributed by atoms with Crippen molar-refractivity contribution in [3.8, 4) is 0 Å². The Morgan fingerprint density at radius 3 is 2.31 bits per heavy atom. The molecule has 2 aromatic rings. The van der Waals surface area contributed by atoms with Crippen molar-refractivity contribution in [2.75, 3.05) is 17.6 Å². The Labute approximate surface area is 249 Å². The van der Waals surface area contributed by atoms with Crippen LogP contribution in [-0.2, 0) is 38.1 Å². The van der Waals surface area contributed by atoms with Gasteiger partial charge in [0.2, 0.25) is 17.7 Å². The third-order valence-corrected chi connectivity index (χ3v) is 11.9. The summed E-state index contributed by atoms with van der Waals surface area (Å²) in [5, 5.41) is 5.89. The lowest BCUT2D eigenvalue weighted by Gasteiger charge is -2.54. The highest BCUT2D eigenvalue weighted by atomic mass is 16.2. The highest BCUT2D eigenvalue weighted by Crippen LogP contribution is 2.58. The van der Waals surface area contributed by atoms with E-state index in [-0.39, 0.29) is 52.8 Å². The van der Waals surface area contributed by atoms with Crippen LogP contribution in [0.5, 0.6) is 0 Å². The smallest absolute Gasteiger partial charge is 0.238 e. The number of hydrogen-bond donors (Lipinski definition) is 4. The number of aryl methyl sites for hydroxylation is 2. The molecule has 2 aromatic carbocycles. The molecule has 4 aliphatic rings. The molecule has 6 atom stereocenters. The van der Waals surface area contributed by atoms with Crippen LogP contribution in [0.4, 0.5) is 11.4 Å². The monoisotopic (exact) mass is 570 g/mol. The third-order valence-electron chi connectivity index (χ3n) is 11.9. The van der Waals surface area contributed by atoms with Crippen LogP contribution < -0.4 is 22.1 Å². The first-order valence-electron chi connectivity index (χ1n) is 15.9. The average molecular weight is 571 g/mol. The largest absolute Gasteiger partial charge is 0.399 e. The van der Waals surface area contributed by atoms with Gasteiger partial charge in [0.05, 0.1) is 12.0 Å². The van der Waals surface area contributed by atoms with Gasteiger partial charge in [-0.1, -0.05) is 45.7 Å². The summed E-state index contributed by atoms with van der Waals surface area (Å²) in [6, 6.07) is 12.4. The molecule has 6 rings (SSSR count). The zero-order valence-electron chi connectivity index (χ0n) is 25.4. The highest BCUT2D eigenvalue weighted by molar-refractivity contribution is 5.99. The second-order valence-electron chi connectivity index (χ2n) is 14.2. The van der Waals surface area contributed by atoms with Gasteiger partial charge in [0.25, 0.3) is 0 Å². The van der Waals surface area contributed by atoms with E-state index in [2.05, 4.69) is 55.7 Å². The lowest BCUT2D eigenvalue weighted by Crippen LogP contribution is -2.57. The molecule has 4 aliphatic carbocycles. The van der Waals surface area contributed by atoms with Crippen LogP contribution in [0, 0.1) is 23.2 Å². The second kappa shape index (κ2) is 10.5. The summed E-state index contributed by atoms with van der Waals surface area (Å²) in [5.41, 5.74) is 17.4. The van der Waals surface area contributed by atoms with Gasteiger partial charge >= 0.3 is 0 Å². The summed E-state index contributed by atoms with van der Waals surface area (Å²) >= 11 is 0.